The van der Waals surface area contributed by atoms with Gasteiger partial charge < -0.3 is 5.11 Å². The number of halogens is 1. The highest BCUT2D eigenvalue weighted by molar-refractivity contribution is 9.10. The fourth-order valence-corrected chi connectivity index (χ4v) is 2.71. The van der Waals surface area contributed by atoms with E-state index >= 15 is 0 Å². The molecule has 1 aromatic carbocycles. The molecule has 2 aromatic rings. The van der Waals surface area contributed by atoms with Crippen LogP contribution in [0.3, 0.4) is 0 Å². The van der Waals surface area contributed by atoms with Gasteiger partial charge in [0.25, 0.3) is 0 Å². The molecule has 0 bridgehead atoms. The van der Waals surface area contributed by atoms with Crippen molar-refractivity contribution in [2.75, 3.05) is 6.61 Å². The van der Waals surface area contributed by atoms with Crippen molar-refractivity contribution in [3.63, 3.8) is 0 Å². The zero-order valence-corrected chi connectivity index (χ0v) is 12.8. The van der Waals surface area contributed by atoms with Crippen molar-refractivity contribution in [1.82, 2.24) is 9.78 Å². The zero-order chi connectivity index (χ0) is 13.8. The van der Waals surface area contributed by atoms with Gasteiger partial charge in [-0.2, -0.15) is 5.10 Å². The minimum atomic E-state index is 0.0751. The highest BCUT2D eigenvalue weighted by Gasteiger charge is 2.15. The first-order valence-electron chi connectivity index (χ1n) is 6.51. The summed E-state index contributed by atoms with van der Waals surface area (Å²) in [4.78, 5) is 0. The van der Waals surface area contributed by atoms with Gasteiger partial charge in [-0.1, -0.05) is 34.1 Å². The SMILES string of the molecule is CC(C)n1ccc(CC(CO)c2ccccc2Br)n1. The molecule has 0 spiro atoms. The van der Waals surface area contributed by atoms with Gasteiger partial charge in [0.05, 0.1) is 12.3 Å². The van der Waals surface area contributed by atoms with E-state index in [9.17, 15) is 5.11 Å². The van der Waals surface area contributed by atoms with E-state index in [1.807, 2.05) is 41.2 Å². The van der Waals surface area contributed by atoms with E-state index in [0.29, 0.717) is 6.04 Å². The summed E-state index contributed by atoms with van der Waals surface area (Å²) >= 11 is 3.54. The van der Waals surface area contributed by atoms with E-state index in [0.717, 1.165) is 22.2 Å². The highest BCUT2D eigenvalue weighted by Crippen LogP contribution is 2.27. The molecule has 2 rings (SSSR count). The Bertz CT molecular complexity index is 536. The van der Waals surface area contributed by atoms with Gasteiger partial charge in [0, 0.05) is 29.1 Å². The molecule has 0 aliphatic rings. The molecule has 1 unspecified atom stereocenters. The Labute approximate surface area is 122 Å². The summed E-state index contributed by atoms with van der Waals surface area (Å²) in [6.45, 7) is 4.33. The second kappa shape index (κ2) is 6.35. The number of rotatable bonds is 5. The normalized spacial score (nSPS) is 12.9. The lowest BCUT2D eigenvalue weighted by Crippen LogP contribution is -2.10. The molecule has 1 heterocycles. The number of aliphatic hydroxyl groups is 1. The van der Waals surface area contributed by atoms with E-state index in [1.165, 1.54) is 0 Å². The van der Waals surface area contributed by atoms with Crippen molar-refractivity contribution >= 4 is 15.9 Å². The zero-order valence-electron chi connectivity index (χ0n) is 11.3. The number of hydrogen-bond donors (Lipinski definition) is 1. The fraction of sp³-hybridized carbons (Fsp3) is 0.400. The molecule has 1 atom stereocenters. The number of aromatic nitrogens is 2. The van der Waals surface area contributed by atoms with Crippen molar-refractivity contribution in [3.05, 3.63) is 52.3 Å². The van der Waals surface area contributed by atoms with Crippen LogP contribution in [0.15, 0.2) is 41.0 Å². The van der Waals surface area contributed by atoms with Crippen LogP contribution in [0.2, 0.25) is 0 Å². The number of benzene rings is 1. The molecule has 0 aliphatic carbocycles. The van der Waals surface area contributed by atoms with Gasteiger partial charge in [-0.15, -0.1) is 0 Å². The Kier molecular flexibility index (Phi) is 4.77. The van der Waals surface area contributed by atoms with Crippen LogP contribution in [0.4, 0.5) is 0 Å². The average molecular weight is 323 g/mol. The first kappa shape index (κ1) is 14.3. The van der Waals surface area contributed by atoms with E-state index in [1.54, 1.807) is 0 Å². The summed E-state index contributed by atoms with van der Waals surface area (Å²) in [6, 6.07) is 10.4. The number of nitrogens with zero attached hydrogens (tertiary/aromatic N) is 2. The van der Waals surface area contributed by atoms with Gasteiger partial charge in [0.2, 0.25) is 0 Å². The highest BCUT2D eigenvalue weighted by atomic mass is 79.9. The van der Waals surface area contributed by atoms with Crippen molar-refractivity contribution in [2.45, 2.75) is 32.2 Å². The smallest absolute Gasteiger partial charge is 0.0631 e. The molecule has 0 amide bonds. The largest absolute Gasteiger partial charge is 0.396 e. The summed E-state index contributed by atoms with van der Waals surface area (Å²) in [6.07, 6.45) is 2.74. The Morgan fingerprint density at radius 2 is 2.00 bits per heavy atom. The van der Waals surface area contributed by atoms with Crippen molar-refractivity contribution in [2.24, 2.45) is 0 Å². The lowest BCUT2D eigenvalue weighted by atomic mass is 9.95. The molecule has 0 saturated heterocycles. The fourth-order valence-electron chi connectivity index (χ4n) is 2.11. The predicted molar refractivity (Wildman–Crippen MR) is 80.3 cm³/mol. The first-order chi connectivity index (χ1) is 9.11. The molecule has 102 valence electrons. The van der Waals surface area contributed by atoms with Gasteiger partial charge >= 0.3 is 0 Å². The van der Waals surface area contributed by atoms with Crippen molar-refractivity contribution in [1.29, 1.82) is 0 Å². The second-order valence-corrected chi connectivity index (χ2v) is 5.84. The summed E-state index contributed by atoms with van der Waals surface area (Å²) in [7, 11) is 0. The minimum absolute atomic E-state index is 0.0751. The third-order valence-corrected chi connectivity index (χ3v) is 3.94. The lowest BCUT2D eigenvalue weighted by molar-refractivity contribution is 0.263. The van der Waals surface area contributed by atoms with E-state index < -0.39 is 0 Å². The summed E-state index contributed by atoms with van der Waals surface area (Å²) in [5.74, 6) is 0.0751. The molecule has 19 heavy (non-hydrogen) atoms. The van der Waals surface area contributed by atoms with Gasteiger partial charge in [0.1, 0.15) is 0 Å². The first-order valence-corrected chi connectivity index (χ1v) is 7.30. The molecule has 1 aromatic heterocycles. The summed E-state index contributed by atoms with van der Waals surface area (Å²) in [5.41, 5.74) is 2.15. The standard InChI is InChI=1S/C15H19BrN2O/c1-11(2)18-8-7-13(17-18)9-12(10-19)14-5-3-4-6-15(14)16/h3-8,11-12,19H,9-10H2,1-2H3. The van der Waals surface area contributed by atoms with Gasteiger partial charge in [-0.25, -0.2) is 0 Å². The van der Waals surface area contributed by atoms with E-state index in [-0.39, 0.29) is 12.5 Å². The molecule has 0 fully saturated rings. The van der Waals surface area contributed by atoms with Crippen molar-refractivity contribution in [3.8, 4) is 0 Å². The summed E-state index contributed by atoms with van der Waals surface area (Å²) in [5, 5.41) is 14.2. The summed E-state index contributed by atoms with van der Waals surface area (Å²) < 4.78 is 2.99. The third kappa shape index (κ3) is 3.45. The Morgan fingerprint density at radius 1 is 1.26 bits per heavy atom. The molecular formula is C15H19BrN2O. The predicted octanol–water partition coefficient (Wildman–Crippen LogP) is 3.55. The lowest BCUT2D eigenvalue weighted by Gasteiger charge is -2.15. The third-order valence-electron chi connectivity index (χ3n) is 3.21. The van der Waals surface area contributed by atoms with Crippen molar-refractivity contribution < 1.29 is 5.11 Å². The van der Waals surface area contributed by atoms with Crippen LogP contribution in [-0.4, -0.2) is 21.5 Å². The Morgan fingerprint density at radius 3 is 2.58 bits per heavy atom. The van der Waals surface area contributed by atoms with E-state index in [2.05, 4.69) is 34.9 Å². The van der Waals surface area contributed by atoms with Crippen LogP contribution in [0.1, 0.15) is 37.1 Å². The molecule has 0 aliphatic heterocycles. The van der Waals surface area contributed by atoms with Crippen LogP contribution in [-0.2, 0) is 6.42 Å². The molecule has 0 radical (unpaired) electrons. The van der Waals surface area contributed by atoms with Crippen LogP contribution in [0.25, 0.3) is 0 Å². The van der Waals surface area contributed by atoms with Gasteiger partial charge in [0.15, 0.2) is 0 Å². The second-order valence-electron chi connectivity index (χ2n) is 4.99. The molecule has 0 saturated carbocycles. The van der Waals surface area contributed by atoms with Crippen LogP contribution >= 0.6 is 15.9 Å². The minimum Gasteiger partial charge on any atom is -0.396 e. The molecule has 1 N–H and O–H groups in total. The maximum atomic E-state index is 9.63. The van der Waals surface area contributed by atoms with E-state index in [4.69, 9.17) is 0 Å². The van der Waals surface area contributed by atoms with Crippen LogP contribution in [0, 0.1) is 0 Å². The number of aliphatic hydroxyl groups excluding tert-OH is 1. The molecule has 4 heteroatoms. The van der Waals surface area contributed by atoms with Gasteiger partial charge in [-0.3, -0.25) is 4.68 Å². The number of hydrogen-bond acceptors (Lipinski definition) is 2. The van der Waals surface area contributed by atoms with Gasteiger partial charge in [-0.05, 0) is 31.5 Å². The topological polar surface area (TPSA) is 38.0 Å². The molecular weight excluding hydrogens is 304 g/mol. The molecule has 3 nitrogen and oxygen atoms in total. The maximum Gasteiger partial charge on any atom is 0.0631 e. The van der Waals surface area contributed by atoms with Crippen LogP contribution in [0.5, 0.6) is 0 Å². The van der Waals surface area contributed by atoms with Crippen LogP contribution < -0.4 is 0 Å². The Hall–Kier alpha value is -1.13. The Balaban J connectivity index is 2.17. The maximum absolute atomic E-state index is 9.63. The quantitative estimate of drug-likeness (QED) is 0.914. The average Bonchev–Trinajstić information content (AvgIpc) is 2.86. The monoisotopic (exact) mass is 322 g/mol.